The Morgan fingerprint density at radius 1 is 1.21 bits per heavy atom. The lowest BCUT2D eigenvalue weighted by atomic mass is 10.1. The largest absolute Gasteiger partial charge is 0.591 e. The van der Waals surface area contributed by atoms with E-state index in [0.29, 0.717) is 12.1 Å². The van der Waals surface area contributed by atoms with E-state index in [4.69, 9.17) is 5.11 Å². The number of amides is 1. The molecule has 1 heterocycles. The maximum atomic E-state index is 13.0. The van der Waals surface area contributed by atoms with Gasteiger partial charge in [-0.25, -0.2) is 13.2 Å². The van der Waals surface area contributed by atoms with Crippen LogP contribution in [0.3, 0.4) is 0 Å². The third-order valence-corrected chi connectivity index (χ3v) is 4.53. The first kappa shape index (κ1) is 22.0. The molecule has 0 spiro atoms. The lowest BCUT2D eigenvalue weighted by molar-refractivity contribution is -0.160. The minimum absolute atomic E-state index is 0.0168. The van der Waals surface area contributed by atoms with Gasteiger partial charge in [0.15, 0.2) is 22.8 Å². The number of hydrogen-bond acceptors (Lipinski definition) is 5. The van der Waals surface area contributed by atoms with Crippen LogP contribution in [-0.2, 0) is 4.57 Å². The van der Waals surface area contributed by atoms with E-state index in [0.717, 1.165) is 32.0 Å². The van der Waals surface area contributed by atoms with Crippen molar-refractivity contribution in [3.05, 3.63) is 59.4 Å². The second kappa shape index (κ2) is 10.3. The number of aliphatic hydroxyl groups excluding tert-OH is 1. The molecule has 0 bridgehead atoms. The molecule has 28 heavy (non-hydrogen) atoms. The highest BCUT2D eigenvalue weighted by atomic mass is 31.1. The van der Waals surface area contributed by atoms with E-state index in [1.165, 1.54) is 18.2 Å². The first-order valence-electron chi connectivity index (χ1n) is 8.37. The number of carbonyl (C=O) groups excluding carboxylic acids is 1. The standard InChI is InChI=1S/C13H7F3NO3P.C5H11NO/c14-10-5-8(6-11(15)12(10)16)17-13(18)7-2-1-3-9(4-7)21(19)20;7-5-2-1-3-6-4-5/h1-6H,(H,17,18);5-7H,1-4H2. The Morgan fingerprint density at radius 3 is 2.39 bits per heavy atom. The number of anilines is 1. The molecule has 0 radical (unpaired) electrons. The number of halogens is 3. The van der Waals surface area contributed by atoms with E-state index in [2.05, 4.69) is 10.6 Å². The molecular formula is C18H18F3N2O4P. The van der Waals surface area contributed by atoms with Crippen molar-refractivity contribution in [2.24, 2.45) is 0 Å². The molecule has 1 aliphatic rings. The van der Waals surface area contributed by atoms with Gasteiger partial charge in [0.2, 0.25) is 0 Å². The van der Waals surface area contributed by atoms with Crippen LogP contribution >= 0.6 is 8.03 Å². The van der Waals surface area contributed by atoms with Crippen molar-refractivity contribution < 1.29 is 32.5 Å². The van der Waals surface area contributed by atoms with Crippen LogP contribution < -0.4 is 20.8 Å². The van der Waals surface area contributed by atoms with E-state index >= 15 is 0 Å². The highest BCUT2D eigenvalue weighted by Gasteiger charge is 2.15. The smallest absolute Gasteiger partial charge is 0.348 e. The third kappa shape index (κ3) is 6.38. The van der Waals surface area contributed by atoms with E-state index < -0.39 is 31.4 Å². The maximum absolute atomic E-state index is 13.0. The summed E-state index contributed by atoms with van der Waals surface area (Å²) in [6.45, 7) is 1.87. The van der Waals surface area contributed by atoms with Crippen molar-refractivity contribution in [3.8, 4) is 0 Å². The Kier molecular flexibility index (Phi) is 8.07. The molecule has 10 heteroatoms. The molecule has 150 valence electrons. The maximum Gasteiger partial charge on any atom is 0.348 e. The fourth-order valence-electron chi connectivity index (χ4n) is 2.43. The summed E-state index contributed by atoms with van der Waals surface area (Å²) in [4.78, 5) is 22.7. The number of hydrogen-bond donors (Lipinski definition) is 3. The van der Waals surface area contributed by atoms with Crippen LogP contribution in [0.1, 0.15) is 23.2 Å². The summed E-state index contributed by atoms with van der Waals surface area (Å²) in [6, 6.07) is 6.31. The lowest BCUT2D eigenvalue weighted by Crippen LogP contribution is -2.33. The number of nitrogens with one attached hydrogen (secondary N) is 2. The second-order valence-electron chi connectivity index (χ2n) is 6.02. The van der Waals surface area contributed by atoms with Crippen LogP contribution in [0.25, 0.3) is 0 Å². The minimum Gasteiger partial charge on any atom is -0.591 e. The quantitative estimate of drug-likeness (QED) is 0.526. The van der Waals surface area contributed by atoms with Gasteiger partial charge in [-0.1, -0.05) is 10.6 Å². The van der Waals surface area contributed by atoms with Gasteiger partial charge in [-0.3, -0.25) is 4.79 Å². The van der Waals surface area contributed by atoms with Crippen molar-refractivity contribution in [1.29, 1.82) is 0 Å². The minimum atomic E-state index is -2.86. The van der Waals surface area contributed by atoms with Crippen LogP contribution in [0.4, 0.5) is 18.9 Å². The van der Waals surface area contributed by atoms with Crippen molar-refractivity contribution in [2.45, 2.75) is 18.9 Å². The lowest BCUT2D eigenvalue weighted by Gasteiger charge is -2.16. The predicted molar refractivity (Wildman–Crippen MR) is 96.1 cm³/mol. The number of benzene rings is 2. The molecule has 0 aromatic heterocycles. The molecule has 2 unspecified atom stereocenters. The van der Waals surface area contributed by atoms with E-state index in [-0.39, 0.29) is 22.7 Å². The van der Waals surface area contributed by atoms with Gasteiger partial charge in [-0.2, -0.15) is 0 Å². The summed E-state index contributed by atoms with van der Waals surface area (Å²) in [5.74, 6) is -5.30. The second-order valence-corrected chi connectivity index (χ2v) is 7.05. The monoisotopic (exact) mass is 414 g/mol. The number of piperidine rings is 1. The molecule has 3 N–H and O–H groups in total. The molecule has 0 saturated carbocycles. The van der Waals surface area contributed by atoms with Gasteiger partial charge in [0.1, 0.15) is 0 Å². The zero-order chi connectivity index (χ0) is 20.7. The molecule has 6 nitrogen and oxygen atoms in total. The topological polar surface area (TPSA) is 101 Å². The fourth-order valence-corrected chi connectivity index (χ4v) is 2.88. The van der Waals surface area contributed by atoms with Crippen LogP contribution in [0.5, 0.6) is 0 Å². The Bertz CT molecular complexity index is 837. The van der Waals surface area contributed by atoms with E-state index in [1.54, 1.807) is 0 Å². The summed E-state index contributed by atoms with van der Waals surface area (Å²) in [5, 5.41) is 14.0. The molecule has 1 fully saturated rings. The zero-order valence-corrected chi connectivity index (χ0v) is 15.5. The van der Waals surface area contributed by atoms with Gasteiger partial charge < -0.3 is 20.6 Å². The van der Waals surface area contributed by atoms with Gasteiger partial charge >= 0.3 is 8.03 Å². The summed E-state index contributed by atoms with van der Waals surface area (Å²) in [7, 11) is -2.86. The van der Waals surface area contributed by atoms with Crippen LogP contribution in [0.15, 0.2) is 36.4 Å². The summed E-state index contributed by atoms with van der Waals surface area (Å²) < 4.78 is 49.6. The van der Waals surface area contributed by atoms with Gasteiger partial charge in [0.25, 0.3) is 5.91 Å². The van der Waals surface area contributed by atoms with Gasteiger partial charge in [-0.05, 0) is 31.5 Å². The average molecular weight is 414 g/mol. The Hall–Kier alpha value is -2.32. The van der Waals surface area contributed by atoms with E-state index in [9.17, 15) is 27.4 Å². The van der Waals surface area contributed by atoms with Crippen LogP contribution in [0.2, 0.25) is 0 Å². The summed E-state index contributed by atoms with van der Waals surface area (Å²) in [6.07, 6.45) is 2.03. The SMILES string of the molecule is O=C(Nc1cc(F)c(F)c(F)c1)c1cccc([P+](=O)[O-])c1.OC1CCCNC1. The number of aliphatic hydroxyl groups is 1. The first-order valence-corrected chi connectivity index (χ1v) is 9.55. The van der Waals surface area contributed by atoms with Crippen LogP contribution in [0, 0.1) is 17.5 Å². The molecule has 2 aromatic rings. The van der Waals surface area contributed by atoms with Crippen molar-refractivity contribution in [1.82, 2.24) is 5.32 Å². The predicted octanol–water partition coefficient (Wildman–Crippen LogP) is 1.81. The Morgan fingerprint density at radius 2 is 1.89 bits per heavy atom. The Balaban J connectivity index is 0.000000336. The molecule has 2 atom stereocenters. The summed E-state index contributed by atoms with van der Waals surface area (Å²) in [5.41, 5.74) is -0.301. The molecule has 1 saturated heterocycles. The molecule has 1 aliphatic heterocycles. The molecule has 1 amide bonds. The fraction of sp³-hybridized carbons (Fsp3) is 0.278. The summed E-state index contributed by atoms with van der Waals surface area (Å²) >= 11 is 0. The average Bonchev–Trinajstić information content (AvgIpc) is 2.67. The number of carbonyl (C=O) groups is 1. The number of β-amino-alcohol motifs (C(OH)–C–C–N with tert-alkyl or cyclic N) is 1. The van der Waals surface area contributed by atoms with Crippen molar-refractivity contribution in [3.63, 3.8) is 0 Å². The molecule has 0 aliphatic carbocycles. The normalized spacial score (nSPS) is 16.6. The zero-order valence-electron chi connectivity index (χ0n) is 14.6. The van der Waals surface area contributed by atoms with Crippen LogP contribution in [-0.4, -0.2) is 30.2 Å². The Labute approximate surface area is 160 Å². The van der Waals surface area contributed by atoms with Gasteiger partial charge in [0.05, 0.1) is 6.10 Å². The molecule has 3 rings (SSSR count). The van der Waals surface area contributed by atoms with Gasteiger partial charge in [-0.15, -0.1) is 0 Å². The third-order valence-electron chi connectivity index (χ3n) is 3.83. The number of rotatable bonds is 3. The van der Waals surface area contributed by atoms with Crippen molar-refractivity contribution in [2.75, 3.05) is 18.4 Å². The van der Waals surface area contributed by atoms with Crippen molar-refractivity contribution >= 4 is 24.9 Å². The highest BCUT2D eigenvalue weighted by molar-refractivity contribution is 7.45. The van der Waals surface area contributed by atoms with Gasteiger partial charge in [0, 0.05) is 36.0 Å². The highest BCUT2D eigenvalue weighted by Crippen LogP contribution is 2.18. The molecular weight excluding hydrogens is 396 g/mol. The first-order chi connectivity index (χ1) is 13.3. The molecule has 2 aromatic carbocycles. The van der Waals surface area contributed by atoms with E-state index in [1.807, 2.05) is 0 Å².